The molecule has 8 heteroatoms. The van der Waals surface area contributed by atoms with E-state index in [0.29, 0.717) is 29.6 Å². The van der Waals surface area contributed by atoms with E-state index < -0.39 is 5.63 Å². The van der Waals surface area contributed by atoms with Crippen molar-refractivity contribution in [3.8, 4) is 0 Å². The van der Waals surface area contributed by atoms with E-state index in [4.69, 9.17) is 21.8 Å². The second-order valence-electron chi connectivity index (χ2n) is 6.26. The number of hydrazone groups is 1. The number of nitrogens with zero attached hydrogens (tertiary/aromatic N) is 3. The monoisotopic (exact) mass is 333 g/mol. The number of hydrogen-bond acceptors (Lipinski definition) is 7. The van der Waals surface area contributed by atoms with Gasteiger partial charge in [-0.05, 0) is 30.0 Å². The molecule has 0 saturated carbocycles. The Bertz CT molecular complexity index is 827. The summed E-state index contributed by atoms with van der Waals surface area (Å²) in [5, 5.41) is 12.3. The second-order valence-corrected chi connectivity index (χ2v) is 6.64. The molecule has 1 aliphatic carbocycles. The van der Waals surface area contributed by atoms with Gasteiger partial charge in [0.1, 0.15) is 11.4 Å². The van der Waals surface area contributed by atoms with Crippen molar-refractivity contribution in [1.29, 1.82) is 0 Å². The summed E-state index contributed by atoms with van der Waals surface area (Å²) in [6, 6.07) is 4.91. The Balaban J connectivity index is 1.98. The van der Waals surface area contributed by atoms with Crippen molar-refractivity contribution in [3.63, 3.8) is 0 Å². The molecule has 0 saturated heterocycles. The minimum atomic E-state index is -0.516. The van der Waals surface area contributed by atoms with Gasteiger partial charge >= 0.3 is 5.63 Å². The number of hydrogen-bond donors (Lipinski definition) is 2. The highest BCUT2D eigenvalue weighted by atomic mass is 35.5. The summed E-state index contributed by atoms with van der Waals surface area (Å²) in [6.45, 7) is 4.17. The van der Waals surface area contributed by atoms with Gasteiger partial charge in [0.15, 0.2) is 11.0 Å². The van der Waals surface area contributed by atoms with Crippen LogP contribution in [0.5, 0.6) is 0 Å². The van der Waals surface area contributed by atoms with Crippen LogP contribution in [0.3, 0.4) is 0 Å². The van der Waals surface area contributed by atoms with Crippen LogP contribution in [-0.4, -0.2) is 15.9 Å². The third kappa shape index (κ3) is 3.34. The molecule has 0 atom stereocenters. The average Bonchev–Trinajstić information content (AvgIpc) is 2.47. The van der Waals surface area contributed by atoms with E-state index in [0.717, 1.165) is 11.3 Å². The molecular weight excluding hydrogens is 318 g/mol. The van der Waals surface area contributed by atoms with Gasteiger partial charge in [-0.2, -0.15) is 5.10 Å². The van der Waals surface area contributed by atoms with Crippen LogP contribution in [0.2, 0.25) is 5.15 Å². The molecule has 0 bridgehead atoms. The Morgan fingerprint density at radius 2 is 2.13 bits per heavy atom. The first-order valence-corrected chi connectivity index (χ1v) is 7.46. The molecule has 3 N–H and O–H groups in total. The number of aromatic nitrogens is 2. The first-order valence-electron chi connectivity index (χ1n) is 7.09. The first kappa shape index (κ1) is 15.5. The molecule has 0 unspecified atom stereocenters. The molecule has 2 aromatic rings. The maximum absolute atomic E-state index is 11.6. The molecule has 2 heterocycles. The van der Waals surface area contributed by atoms with Crippen LogP contribution in [-0.2, 0) is 6.42 Å². The van der Waals surface area contributed by atoms with Crippen LogP contribution < -0.4 is 16.8 Å². The number of nitrogens with one attached hydrogen (secondary N) is 1. The van der Waals surface area contributed by atoms with Gasteiger partial charge in [-0.15, -0.1) is 10.2 Å². The van der Waals surface area contributed by atoms with Crippen LogP contribution in [0.4, 0.5) is 11.5 Å². The zero-order valence-electron chi connectivity index (χ0n) is 12.8. The van der Waals surface area contributed by atoms with Crippen molar-refractivity contribution in [2.75, 3.05) is 11.2 Å². The highest BCUT2D eigenvalue weighted by Crippen LogP contribution is 2.35. The third-order valence-electron chi connectivity index (χ3n) is 3.59. The number of fused-ring (bicyclic) bond motifs is 1. The molecule has 0 aromatic carbocycles. The van der Waals surface area contributed by atoms with Crippen molar-refractivity contribution in [3.05, 3.63) is 45.1 Å². The summed E-state index contributed by atoms with van der Waals surface area (Å²) in [5.41, 5.74) is 9.50. The lowest BCUT2D eigenvalue weighted by molar-refractivity contribution is 0.319. The highest BCUT2D eigenvalue weighted by molar-refractivity contribution is 6.29. The van der Waals surface area contributed by atoms with E-state index in [1.165, 1.54) is 0 Å². The summed E-state index contributed by atoms with van der Waals surface area (Å²) >= 11 is 5.70. The normalized spacial score (nSPS) is 17.8. The van der Waals surface area contributed by atoms with E-state index in [-0.39, 0.29) is 11.1 Å². The molecule has 3 rings (SSSR count). The number of rotatable bonds is 2. The van der Waals surface area contributed by atoms with Gasteiger partial charge in [-0.3, -0.25) is 5.43 Å². The van der Waals surface area contributed by atoms with Crippen molar-refractivity contribution in [2.45, 2.75) is 26.7 Å². The lowest BCUT2D eigenvalue weighted by Gasteiger charge is -2.30. The molecule has 2 aromatic heterocycles. The molecule has 0 spiro atoms. The number of nitrogen functional groups attached to an aromatic ring is 1. The first-order chi connectivity index (χ1) is 10.8. The number of halogens is 1. The SMILES string of the molecule is CC1(C)C/C(=N\Nc2ccc(Cl)nn2)c2cc(N)c(=O)oc2C1. The predicted molar refractivity (Wildman–Crippen MR) is 88.7 cm³/mol. The Hall–Kier alpha value is -2.41. The standard InChI is InChI=1S/C15H16ClN5O2/c1-15(2)6-10(18-20-13-4-3-12(16)19-21-13)8-5-9(17)14(22)23-11(8)7-15/h3-5H,6-7,17H2,1-2H3,(H,20,21)/b18-10+. The van der Waals surface area contributed by atoms with Gasteiger partial charge < -0.3 is 10.2 Å². The molecule has 0 aliphatic heterocycles. The maximum Gasteiger partial charge on any atom is 0.359 e. The maximum atomic E-state index is 11.6. The molecule has 7 nitrogen and oxygen atoms in total. The van der Waals surface area contributed by atoms with E-state index in [9.17, 15) is 4.79 Å². The molecule has 1 aliphatic rings. The van der Waals surface area contributed by atoms with E-state index >= 15 is 0 Å². The van der Waals surface area contributed by atoms with Gasteiger partial charge in [0.25, 0.3) is 0 Å². The minimum absolute atomic E-state index is 0.0717. The van der Waals surface area contributed by atoms with Crippen molar-refractivity contribution >= 4 is 28.8 Å². The summed E-state index contributed by atoms with van der Waals surface area (Å²) in [4.78, 5) is 11.6. The predicted octanol–water partition coefficient (Wildman–Crippen LogP) is 2.45. The molecular formula is C15H16ClN5O2. The summed E-state index contributed by atoms with van der Waals surface area (Å²) in [7, 11) is 0. The zero-order chi connectivity index (χ0) is 16.6. The number of anilines is 2. The largest absolute Gasteiger partial charge is 0.426 e. The fourth-order valence-electron chi connectivity index (χ4n) is 2.54. The highest BCUT2D eigenvalue weighted by Gasteiger charge is 2.32. The Morgan fingerprint density at radius 3 is 2.83 bits per heavy atom. The fourth-order valence-corrected chi connectivity index (χ4v) is 2.64. The molecule has 0 amide bonds. The van der Waals surface area contributed by atoms with Gasteiger partial charge in [-0.1, -0.05) is 25.4 Å². The van der Waals surface area contributed by atoms with Crippen LogP contribution in [0.15, 0.2) is 32.5 Å². The quantitative estimate of drug-likeness (QED) is 0.817. The van der Waals surface area contributed by atoms with Crippen molar-refractivity contribution in [2.24, 2.45) is 10.5 Å². The topological polar surface area (TPSA) is 106 Å². The molecule has 0 fully saturated rings. The lowest BCUT2D eigenvalue weighted by atomic mass is 9.76. The van der Waals surface area contributed by atoms with Crippen molar-refractivity contribution < 1.29 is 4.42 Å². The third-order valence-corrected chi connectivity index (χ3v) is 3.79. The van der Waals surface area contributed by atoms with E-state index in [1.54, 1.807) is 18.2 Å². The smallest absolute Gasteiger partial charge is 0.359 e. The van der Waals surface area contributed by atoms with Crippen LogP contribution in [0.1, 0.15) is 31.6 Å². The van der Waals surface area contributed by atoms with Gasteiger partial charge in [0, 0.05) is 12.0 Å². The van der Waals surface area contributed by atoms with Crippen LogP contribution in [0.25, 0.3) is 0 Å². The van der Waals surface area contributed by atoms with Gasteiger partial charge in [0.05, 0.1) is 5.71 Å². The molecule has 23 heavy (non-hydrogen) atoms. The average molecular weight is 334 g/mol. The van der Waals surface area contributed by atoms with Crippen LogP contribution in [0, 0.1) is 5.41 Å². The van der Waals surface area contributed by atoms with Crippen molar-refractivity contribution in [1.82, 2.24) is 10.2 Å². The van der Waals surface area contributed by atoms with Gasteiger partial charge in [0.2, 0.25) is 0 Å². The van der Waals surface area contributed by atoms with Gasteiger partial charge in [-0.25, -0.2) is 4.79 Å². The Morgan fingerprint density at radius 1 is 1.35 bits per heavy atom. The molecule has 0 radical (unpaired) electrons. The van der Waals surface area contributed by atoms with E-state index in [2.05, 4.69) is 34.6 Å². The van der Waals surface area contributed by atoms with E-state index in [1.807, 2.05) is 0 Å². The summed E-state index contributed by atoms with van der Waals surface area (Å²) in [6.07, 6.45) is 1.36. The number of nitrogens with two attached hydrogens (primary N) is 1. The van der Waals surface area contributed by atoms with Crippen LogP contribution >= 0.6 is 11.6 Å². The minimum Gasteiger partial charge on any atom is -0.426 e. The molecule has 120 valence electrons. The zero-order valence-corrected chi connectivity index (χ0v) is 13.5. The second kappa shape index (κ2) is 5.66. The summed E-state index contributed by atoms with van der Waals surface area (Å²) < 4.78 is 5.33. The Labute approximate surface area is 137 Å². The Kier molecular flexibility index (Phi) is 3.81. The summed E-state index contributed by atoms with van der Waals surface area (Å²) in [5.74, 6) is 1.07. The fraction of sp³-hybridized carbons (Fsp3) is 0.333. The lowest BCUT2D eigenvalue weighted by Crippen LogP contribution is -2.29.